The average molecular weight is 238 g/mol. The van der Waals surface area contributed by atoms with Crippen molar-refractivity contribution in [3.63, 3.8) is 0 Å². The summed E-state index contributed by atoms with van der Waals surface area (Å²) in [6.45, 7) is 13.2. The van der Waals surface area contributed by atoms with E-state index in [0.717, 1.165) is 5.92 Å². The van der Waals surface area contributed by atoms with Gasteiger partial charge in [-0.05, 0) is 18.8 Å². The van der Waals surface area contributed by atoms with Crippen molar-refractivity contribution in [2.75, 3.05) is 0 Å². The Morgan fingerprint density at radius 2 is 1.35 bits per heavy atom. The predicted octanol–water partition coefficient (Wildman–Crippen LogP) is 6.37. The summed E-state index contributed by atoms with van der Waals surface area (Å²) in [7, 11) is 0. The van der Waals surface area contributed by atoms with Crippen LogP contribution < -0.4 is 0 Å². The van der Waals surface area contributed by atoms with Gasteiger partial charge in [-0.15, -0.1) is 0 Å². The zero-order valence-electron chi connectivity index (χ0n) is 12.7. The summed E-state index contributed by atoms with van der Waals surface area (Å²) < 4.78 is 0. The Hall–Kier alpha value is -0.260. The molecule has 0 saturated carbocycles. The van der Waals surface area contributed by atoms with Gasteiger partial charge in [0.2, 0.25) is 0 Å². The first-order valence-electron chi connectivity index (χ1n) is 7.75. The SMILES string of the molecule is C=C(C)C(C)C(C)CCCCCCCCCC. The van der Waals surface area contributed by atoms with Crippen LogP contribution in [0.4, 0.5) is 0 Å². The highest BCUT2D eigenvalue weighted by molar-refractivity contribution is 4.95. The van der Waals surface area contributed by atoms with Crippen molar-refractivity contribution in [3.8, 4) is 0 Å². The Bertz CT molecular complexity index is 180. The number of allylic oxidation sites excluding steroid dienone is 1. The maximum atomic E-state index is 4.06. The van der Waals surface area contributed by atoms with Crippen molar-refractivity contribution in [1.82, 2.24) is 0 Å². The lowest BCUT2D eigenvalue weighted by Gasteiger charge is -2.19. The monoisotopic (exact) mass is 238 g/mol. The first-order chi connectivity index (χ1) is 8.09. The number of hydrogen-bond donors (Lipinski definition) is 0. The minimum Gasteiger partial charge on any atom is -0.0999 e. The quantitative estimate of drug-likeness (QED) is 0.290. The van der Waals surface area contributed by atoms with Crippen LogP contribution in [0.3, 0.4) is 0 Å². The molecular formula is C17H34. The van der Waals surface area contributed by atoms with Gasteiger partial charge in [0.1, 0.15) is 0 Å². The molecule has 0 amide bonds. The predicted molar refractivity (Wildman–Crippen MR) is 80.4 cm³/mol. The molecule has 2 unspecified atom stereocenters. The van der Waals surface area contributed by atoms with Gasteiger partial charge in [-0.1, -0.05) is 90.7 Å². The molecule has 0 fully saturated rings. The molecular weight excluding hydrogens is 204 g/mol. The van der Waals surface area contributed by atoms with Gasteiger partial charge in [-0.3, -0.25) is 0 Å². The summed E-state index contributed by atoms with van der Waals surface area (Å²) in [5, 5.41) is 0. The fraction of sp³-hybridized carbons (Fsp3) is 0.882. The molecule has 0 heteroatoms. The maximum Gasteiger partial charge on any atom is -0.0211 e. The number of hydrogen-bond acceptors (Lipinski definition) is 0. The minimum absolute atomic E-state index is 0.694. The second-order valence-electron chi connectivity index (χ2n) is 5.88. The highest BCUT2D eigenvalue weighted by atomic mass is 14.2. The van der Waals surface area contributed by atoms with E-state index < -0.39 is 0 Å². The van der Waals surface area contributed by atoms with E-state index in [0.29, 0.717) is 5.92 Å². The molecule has 0 aliphatic rings. The first kappa shape index (κ1) is 16.7. The summed E-state index contributed by atoms with van der Waals surface area (Å²) in [6, 6.07) is 0. The van der Waals surface area contributed by atoms with E-state index in [9.17, 15) is 0 Å². The molecule has 102 valence electrons. The maximum absolute atomic E-state index is 4.06. The van der Waals surface area contributed by atoms with Gasteiger partial charge in [0, 0.05) is 0 Å². The molecule has 0 aromatic rings. The second-order valence-corrected chi connectivity index (χ2v) is 5.88. The molecule has 0 spiro atoms. The third kappa shape index (κ3) is 9.44. The summed E-state index contributed by atoms with van der Waals surface area (Å²) >= 11 is 0. The summed E-state index contributed by atoms with van der Waals surface area (Å²) in [5.74, 6) is 1.51. The number of unbranched alkanes of at least 4 members (excludes halogenated alkanes) is 7. The zero-order chi connectivity index (χ0) is 13.1. The van der Waals surface area contributed by atoms with Crippen LogP contribution in [0.15, 0.2) is 12.2 Å². The second kappa shape index (κ2) is 10.9. The molecule has 0 radical (unpaired) electrons. The topological polar surface area (TPSA) is 0 Å². The lowest BCUT2D eigenvalue weighted by molar-refractivity contribution is 0.391. The van der Waals surface area contributed by atoms with Crippen molar-refractivity contribution in [2.24, 2.45) is 11.8 Å². The van der Waals surface area contributed by atoms with Crippen LogP contribution in [0.5, 0.6) is 0 Å². The Kier molecular flexibility index (Phi) is 10.7. The van der Waals surface area contributed by atoms with Crippen LogP contribution in [0.2, 0.25) is 0 Å². The van der Waals surface area contributed by atoms with Crippen LogP contribution in [-0.4, -0.2) is 0 Å². The Morgan fingerprint density at radius 3 is 1.82 bits per heavy atom. The van der Waals surface area contributed by atoms with Gasteiger partial charge in [0.15, 0.2) is 0 Å². The van der Waals surface area contributed by atoms with Crippen molar-refractivity contribution in [1.29, 1.82) is 0 Å². The van der Waals surface area contributed by atoms with Crippen LogP contribution >= 0.6 is 0 Å². The average Bonchev–Trinajstić information content (AvgIpc) is 2.31. The van der Waals surface area contributed by atoms with E-state index in [1.165, 1.54) is 63.4 Å². The standard InChI is InChI=1S/C17H34/c1-6-7-8-9-10-11-12-13-14-16(4)17(5)15(2)3/h16-17H,2,6-14H2,1,3-5H3. The molecule has 0 bridgehead atoms. The largest absolute Gasteiger partial charge is 0.0999 e. The fourth-order valence-electron chi connectivity index (χ4n) is 2.34. The molecule has 0 saturated heterocycles. The van der Waals surface area contributed by atoms with Gasteiger partial charge < -0.3 is 0 Å². The molecule has 0 aromatic heterocycles. The van der Waals surface area contributed by atoms with Gasteiger partial charge in [-0.25, -0.2) is 0 Å². The van der Waals surface area contributed by atoms with Crippen LogP contribution in [0, 0.1) is 11.8 Å². The lowest BCUT2D eigenvalue weighted by Crippen LogP contribution is -2.08. The molecule has 0 aromatic carbocycles. The molecule has 0 aliphatic heterocycles. The molecule has 0 N–H and O–H groups in total. The third-order valence-electron chi connectivity index (χ3n) is 4.14. The van der Waals surface area contributed by atoms with Gasteiger partial charge >= 0.3 is 0 Å². The lowest BCUT2D eigenvalue weighted by atomic mass is 9.86. The summed E-state index contributed by atoms with van der Waals surface area (Å²) in [4.78, 5) is 0. The van der Waals surface area contributed by atoms with Crippen LogP contribution in [-0.2, 0) is 0 Å². The van der Waals surface area contributed by atoms with E-state index in [-0.39, 0.29) is 0 Å². The minimum atomic E-state index is 0.694. The Balaban J connectivity index is 3.30. The molecule has 0 heterocycles. The van der Waals surface area contributed by atoms with Gasteiger partial charge in [0.05, 0.1) is 0 Å². The van der Waals surface area contributed by atoms with Gasteiger partial charge in [0.25, 0.3) is 0 Å². The van der Waals surface area contributed by atoms with Crippen molar-refractivity contribution < 1.29 is 0 Å². The fourth-order valence-corrected chi connectivity index (χ4v) is 2.34. The molecule has 0 nitrogen and oxygen atoms in total. The van der Waals surface area contributed by atoms with E-state index in [1.807, 2.05) is 0 Å². The highest BCUT2D eigenvalue weighted by Gasteiger charge is 2.11. The summed E-state index contributed by atoms with van der Waals surface area (Å²) in [6.07, 6.45) is 12.8. The molecule has 17 heavy (non-hydrogen) atoms. The van der Waals surface area contributed by atoms with E-state index in [4.69, 9.17) is 0 Å². The Morgan fingerprint density at radius 1 is 0.882 bits per heavy atom. The first-order valence-corrected chi connectivity index (χ1v) is 7.75. The highest BCUT2D eigenvalue weighted by Crippen LogP contribution is 2.23. The van der Waals surface area contributed by atoms with Crippen molar-refractivity contribution in [3.05, 3.63) is 12.2 Å². The third-order valence-corrected chi connectivity index (χ3v) is 4.14. The molecule has 0 aliphatic carbocycles. The Labute approximate surface area is 110 Å². The van der Waals surface area contributed by atoms with Crippen molar-refractivity contribution in [2.45, 2.75) is 85.5 Å². The van der Waals surface area contributed by atoms with Crippen LogP contribution in [0.1, 0.15) is 85.5 Å². The smallest absolute Gasteiger partial charge is 0.0211 e. The van der Waals surface area contributed by atoms with E-state index >= 15 is 0 Å². The number of rotatable bonds is 11. The normalized spacial score (nSPS) is 14.6. The van der Waals surface area contributed by atoms with Crippen molar-refractivity contribution >= 4 is 0 Å². The molecule has 2 atom stereocenters. The zero-order valence-corrected chi connectivity index (χ0v) is 12.7. The van der Waals surface area contributed by atoms with E-state index in [2.05, 4.69) is 34.3 Å². The van der Waals surface area contributed by atoms with E-state index in [1.54, 1.807) is 0 Å². The molecule has 0 rings (SSSR count). The van der Waals surface area contributed by atoms with Gasteiger partial charge in [-0.2, -0.15) is 0 Å². The summed E-state index contributed by atoms with van der Waals surface area (Å²) in [5.41, 5.74) is 1.34. The van der Waals surface area contributed by atoms with Crippen LogP contribution in [0.25, 0.3) is 0 Å².